The maximum absolute atomic E-state index is 12.1. The summed E-state index contributed by atoms with van der Waals surface area (Å²) in [5, 5.41) is 9.77. The van der Waals surface area contributed by atoms with E-state index in [2.05, 4.69) is 25.5 Å². The van der Waals surface area contributed by atoms with Crippen molar-refractivity contribution >= 4 is 22.9 Å². The van der Waals surface area contributed by atoms with Crippen molar-refractivity contribution in [2.45, 2.75) is 27.2 Å². The van der Waals surface area contributed by atoms with E-state index in [4.69, 9.17) is 0 Å². The minimum absolute atomic E-state index is 0.113. The van der Waals surface area contributed by atoms with Crippen molar-refractivity contribution in [1.82, 2.24) is 20.2 Å². The Kier molecular flexibility index (Phi) is 3.21. The molecule has 0 aliphatic heterocycles. The number of carbonyl (C=O) groups excluding carboxylic acids is 1. The van der Waals surface area contributed by atoms with Crippen molar-refractivity contribution in [3.63, 3.8) is 0 Å². The van der Waals surface area contributed by atoms with Crippen molar-refractivity contribution < 1.29 is 4.79 Å². The molecule has 1 amide bonds. The van der Waals surface area contributed by atoms with E-state index >= 15 is 0 Å². The second-order valence-electron chi connectivity index (χ2n) is 5.24. The highest BCUT2D eigenvalue weighted by atomic mass is 16.1. The van der Waals surface area contributed by atoms with Crippen LogP contribution < -0.4 is 5.32 Å². The van der Waals surface area contributed by atoms with Crippen LogP contribution in [0.4, 0.5) is 5.95 Å². The molecule has 21 heavy (non-hydrogen) atoms. The quantitative estimate of drug-likeness (QED) is 0.689. The van der Waals surface area contributed by atoms with Crippen LogP contribution >= 0.6 is 0 Å². The molecule has 1 aromatic carbocycles. The van der Waals surface area contributed by atoms with Crippen molar-refractivity contribution in [3.8, 4) is 0 Å². The summed E-state index contributed by atoms with van der Waals surface area (Å²) in [7, 11) is 0. The number of aryl methyl sites for hydroxylation is 3. The number of H-pyrrole nitrogens is 2. The van der Waals surface area contributed by atoms with Gasteiger partial charge in [0.1, 0.15) is 0 Å². The maximum Gasteiger partial charge on any atom is 0.231 e. The van der Waals surface area contributed by atoms with Crippen LogP contribution in [0.3, 0.4) is 0 Å². The van der Waals surface area contributed by atoms with Gasteiger partial charge in [-0.3, -0.25) is 15.2 Å². The first-order valence-electron chi connectivity index (χ1n) is 6.79. The van der Waals surface area contributed by atoms with Crippen LogP contribution in [0.1, 0.15) is 22.5 Å². The third-order valence-electron chi connectivity index (χ3n) is 3.51. The van der Waals surface area contributed by atoms with Crippen molar-refractivity contribution in [3.05, 3.63) is 40.7 Å². The highest BCUT2D eigenvalue weighted by Gasteiger charge is 2.13. The minimum Gasteiger partial charge on any atom is -0.324 e. The van der Waals surface area contributed by atoms with Gasteiger partial charge >= 0.3 is 0 Å². The fraction of sp³-hybridized carbons (Fsp3) is 0.267. The first kappa shape index (κ1) is 13.4. The van der Waals surface area contributed by atoms with Gasteiger partial charge in [-0.05, 0) is 38.5 Å². The van der Waals surface area contributed by atoms with Gasteiger partial charge in [0.15, 0.2) is 0 Å². The monoisotopic (exact) mass is 283 g/mol. The Balaban J connectivity index is 1.77. The van der Waals surface area contributed by atoms with Gasteiger partial charge in [-0.15, -0.1) is 0 Å². The van der Waals surface area contributed by atoms with Gasteiger partial charge in [0.25, 0.3) is 0 Å². The van der Waals surface area contributed by atoms with Crippen LogP contribution in [0.25, 0.3) is 11.0 Å². The molecule has 0 atom stereocenters. The summed E-state index contributed by atoms with van der Waals surface area (Å²) in [5.74, 6) is 0.359. The molecule has 3 aromatic rings. The molecule has 3 rings (SSSR count). The highest BCUT2D eigenvalue weighted by Crippen LogP contribution is 2.16. The summed E-state index contributed by atoms with van der Waals surface area (Å²) in [6, 6.07) is 5.93. The van der Waals surface area contributed by atoms with Crippen molar-refractivity contribution in [2.24, 2.45) is 0 Å². The molecule has 0 radical (unpaired) electrons. The molecular formula is C15H17N5O. The van der Waals surface area contributed by atoms with Gasteiger partial charge < -0.3 is 4.98 Å². The molecule has 0 saturated heterocycles. The molecule has 6 heteroatoms. The first-order chi connectivity index (χ1) is 10.0. The third kappa shape index (κ3) is 2.65. The van der Waals surface area contributed by atoms with Crippen molar-refractivity contribution in [1.29, 1.82) is 0 Å². The van der Waals surface area contributed by atoms with Gasteiger partial charge in [0.2, 0.25) is 11.9 Å². The van der Waals surface area contributed by atoms with Crippen LogP contribution in [0, 0.1) is 20.8 Å². The fourth-order valence-corrected chi connectivity index (χ4v) is 2.35. The normalized spacial score (nSPS) is 11.0. The average molecular weight is 283 g/mol. The molecule has 108 valence electrons. The number of fused-ring (bicyclic) bond motifs is 1. The van der Waals surface area contributed by atoms with E-state index in [1.165, 1.54) is 0 Å². The topological polar surface area (TPSA) is 86.5 Å². The Labute approximate surface area is 122 Å². The molecule has 3 N–H and O–H groups in total. The lowest BCUT2D eigenvalue weighted by atomic mass is 10.1. The Morgan fingerprint density at radius 3 is 2.81 bits per heavy atom. The van der Waals surface area contributed by atoms with Gasteiger partial charge in [0, 0.05) is 11.3 Å². The number of aromatic nitrogens is 4. The molecule has 0 unspecified atom stereocenters. The summed E-state index contributed by atoms with van der Waals surface area (Å²) < 4.78 is 0. The Hall–Kier alpha value is -2.63. The molecule has 2 aromatic heterocycles. The number of anilines is 1. The number of aromatic amines is 2. The molecule has 0 spiro atoms. The second kappa shape index (κ2) is 5.05. The summed E-state index contributed by atoms with van der Waals surface area (Å²) in [6.07, 6.45) is 0.282. The Morgan fingerprint density at radius 2 is 2.10 bits per heavy atom. The molecule has 0 bridgehead atoms. The molecule has 0 fully saturated rings. The summed E-state index contributed by atoms with van der Waals surface area (Å²) in [4.78, 5) is 19.6. The van der Waals surface area contributed by atoms with Crippen LogP contribution in [-0.4, -0.2) is 26.1 Å². The number of nitrogens with one attached hydrogen (secondary N) is 3. The number of hydrogen-bond donors (Lipinski definition) is 3. The predicted molar refractivity (Wildman–Crippen MR) is 81.2 cm³/mol. The summed E-state index contributed by atoms with van der Waals surface area (Å²) >= 11 is 0. The van der Waals surface area contributed by atoms with Crippen LogP contribution in [0.5, 0.6) is 0 Å². The van der Waals surface area contributed by atoms with Crippen LogP contribution in [-0.2, 0) is 11.2 Å². The lowest BCUT2D eigenvalue weighted by molar-refractivity contribution is -0.115. The summed E-state index contributed by atoms with van der Waals surface area (Å²) in [6.45, 7) is 5.81. The number of carbonyl (C=O) groups is 1. The Bertz CT molecular complexity index is 795. The van der Waals surface area contributed by atoms with E-state index in [0.29, 0.717) is 5.95 Å². The number of rotatable bonds is 3. The smallest absolute Gasteiger partial charge is 0.231 e. The zero-order valence-electron chi connectivity index (χ0n) is 12.2. The Morgan fingerprint density at radius 1 is 1.29 bits per heavy atom. The zero-order valence-corrected chi connectivity index (χ0v) is 12.2. The molecule has 0 aliphatic rings. The zero-order chi connectivity index (χ0) is 15.0. The van der Waals surface area contributed by atoms with Crippen LogP contribution in [0.15, 0.2) is 18.2 Å². The first-order valence-corrected chi connectivity index (χ1v) is 6.79. The second-order valence-corrected chi connectivity index (χ2v) is 5.24. The third-order valence-corrected chi connectivity index (χ3v) is 3.51. The van der Waals surface area contributed by atoms with Crippen molar-refractivity contribution in [2.75, 3.05) is 5.32 Å². The van der Waals surface area contributed by atoms with Gasteiger partial charge in [-0.25, -0.2) is 4.98 Å². The summed E-state index contributed by atoms with van der Waals surface area (Å²) in [5.41, 5.74) is 5.60. The highest BCUT2D eigenvalue weighted by molar-refractivity contribution is 5.92. The number of nitrogens with zero attached hydrogens (tertiary/aromatic N) is 2. The van der Waals surface area contributed by atoms with Crippen LogP contribution in [0.2, 0.25) is 0 Å². The minimum atomic E-state index is -0.113. The van der Waals surface area contributed by atoms with E-state index in [9.17, 15) is 4.79 Å². The number of benzene rings is 1. The standard InChI is InChI=1S/C15H17N5O/c1-8-4-5-12-13(6-8)17-15(16-12)18-14(21)7-11-9(2)19-20-10(11)3/h4-6H,7H2,1-3H3,(H,19,20)(H2,16,17,18,21). The van der Waals surface area contributed by atoms with E-state index in [1.54, 1.807) is 0 Å². The fourth-order valence-electron chi connectivity index (χ4n) is 2.35. The molecular weight excluding hydrogens is 266 g/mol. The average Bonchev–Trinajstić information content (AvgIpc) is 2.95. The lowest BCUT2D eigenvalue weighted by Crippen LogP contribution is -2.16. The lowest BCUT2D eigenvalue weighted by Gasteiger charge is -2.02. The SMILES string of the molecule is Cc1ccc2nc(NC(=O)Cc3c(C)n[nH]c3C)[nH]c2c1. The number of hydrogen-bond acceptors (Lipinski definition) is 3. The molecule has 0 saturated carbocycles. The predicted octanol–water partition coefficient (Wildman–Crippen LogP) is 2.39. The molecule has 6 nitrogen and oxygen atoms in total. The van der Waals surface area contributed by atoms with Gasteiger partial charge in [-0.2, -0.15) is 5.10 Å². The molecule has 0 aliphatic carbocycles. The maximum atomic E-state index is 12.1. The van der Waals surface area contributed by atoms with Gasteiger partial charge in [-0.1, -0.05) is 6.07 Å². The molecule has 2 heterocycles. The van der Waals surface area contributed by atoms with E-state index in [0.717, 1.165) is 33.5 Å². The van der Waals surface area contributed by atoms with E-state index < -0.39 is 0 Å². The number of imidazole rings is 1. The largest absolute Gasteiger partial charge is 0.324 e. The van der Waals surface area contributed by atoms with E-state index in [-0.39, 0.29) is 12.3 Å². The number of amides is 1. The van der Waals surface area contributed by atoms with Gasteiger partial charge in [0.05, 0.1) is 23.1 Å². The van der Waals surface area contributed by atoms with E-state index in [1.807, 2.05) is 39.0 Å².